The number of anilines is 1. The molecule has 6 nitrogen and oxygen atoms in total. The Labute approximate surface area is 135 Å². The van der Waals surface area contributed by atoms with Crippen LogP contribution in [0.3, 0.4) is 0 Å². The summed E-state index contributed by atoms with van der Waals surface area (Å²) in [7, 11) is 3.40. The molecule has 0 unspecified atom stereocenters. The van der Waals surface area contributed by atoms with Crippen molar-refractivity contribution in [3.05, 3.63) is 42.1 Å². The van der Waals surface area contributed by atoms with Crippen LogP contribution in [0.15, 0.2) is 36.5 Å². The Morgan fingerprint density at radius 1 is 1.22 bits per heavy atom. The predicted octanol–water partition coefficient (Wildman–Crippen LogP) is 2.74. The Hall–Kier alpha value is -2.60. The van der Waals surface area contributed by atoms with E-state index in [1.807, 2.05) is 25.1 Å². The maximum Gasteiger partial charge on any atom is 0.225 e. The van der Waals surface area contributed by atoms with Gasteiger partial charge in [0, 0.05) is 19.0 Å². The molecule has 1 aromatic heterocycles. The van der Waals surface area contributed by atoms with Crippen molar-refractivity contribution in [2.24, 2.45) is 0 Å². The van der Waals surface area contributed by atoms with Crippen LogP contribution in [0.1, 0.15) is 12.0 Å². The van der Waals surface area contributed by atoms with E-state index in [0.29, 0.717) is 36.0 Å². The second-order valence-corrected chi connectivity index (χ2v) is 5.04. The predicted molar refractivity (Wildman–Crippen MR) is 89.2 cm³/mol. The van der Waals surface area contributed by atoms with Crippen LogP contribution >= 0.6 is 0 Å². The van der Waals surface area contributed by atoms with Gasteiger partial charge in [-0.15, -0.1) is 0 Å². The van der Waals surface area contributed by atoms with Gasteiger partial charge in [-0.2, -0.15) is 0 Å². The molecule has 2 rings (SSSR count). The fraction of sp³-hybridized carbons (Fsp3) is 0.294. The van der Waals surface area contributed by atoms with Crippen molar-refractivity contribution < 1.29 is 14.3 Å². The van der Waals surface area contributed by atoms with E-state index in [-0.39, 0.29) is 5.91 Å². The van der Waals surface area contributed by atoms with Gasteiger partial charge < -0.3 is 20.1 Å². The highest BCUT2D eigenvalue weighted by atomic mass is 16.5. The lowest BCUT2D eigenvalue weighted by Crippen LogP contribution is -2.18. The summed E-state index contributed by atoms with van der Waals surface area (Å²) in [6.07, 6.45) is 1.97. The van der Waals surface area contributed by atoms with E-state index in [4.69, 9.17) is 9.47 Å². The fourth-order valence-corrected chi connectivity index (χ4v) is 1.95. The van der Waals surface area contributed by atoms with Crippen molar-refractivity contribution in [2.45, 2.75) is 13.3 Å². The Morgan fingerprint density at radius 3 is 2.70 bits per heavy atom. The molecular weight excluding hydrogens is 294 g/mol. The number of carbonyl (C=O) groups excluding carboxylic acids is 1. The van der Waals surface area contributed by atoms with Crippen molar-refractivity contribution in [2.75, 3.05) is 26.0 Å². The highest BCUT2D eigenvalue weighted by Gasteiger charge is 2.07. The van der Waals surface area contributed by atoms with Gasteiger partial charge in [0.15, 0.2) is 11.5 Å². The van der Waals surface area contributed by atoms with Gasteiger partial charge in [-0.1, -0.05) is 6.07 Å². The van der Waals surface area contributed by atoms with E-state index < -0.39 is 0 Å². The van der Waals surface area contributed by atoms with Crippen LogP contribution in [0, 0.1) is 6.92 Å². The molecule has 0 aliphatic carbocycles. The zero-order valence-corrected chi connectivity index (χ0v) is 13.6. The molecule has 23 heavy (non-hydrogen) atoms. The van der Waals surface area contributed by atoms with Crippen molar-refractivity contribution in [3.63, 3.8) is 0 Å². The molecule has 122 valence electrons. The molecule has 0 radical (unpaired) electrons. The zero-order chi connectivity index (χ0) is 16.7. The maximum atomic E-state index is 11.6. The van der Waals surface area contributed by atoms with Crippen molar-refractivity contribution in [3.8, 4) is 17.4 Å². The summed E-state index contributed by atoms with van der Waals surface area (Å²) in [5.41, 5.74) is 1.72. The number of nitrogens with one attached hydrogen (secondary N) is 2. The van der Waals surface area contributed by atoms with Crippen molar-refractivity contribution in [1.82, 2.24) is 10.3 Å². The van der Waals surface area contributed by atoms with Crippen LogP contribution in [0.4, 0.5) is 5.69 Å². The molecule has 1 heterocycles. The van der Waals surface area contributed by atoms with Gasteiger partial charge in [0.05, 0.1) is 19.0 Å². The molecule has 0 aliphatic heterocycles. The van der Waals surface area contributed by atoms with E-state index in [2.05, 4.69) is 15.6 Å². The maximum absolute atomic E-state index is 11.6. The van der Waals surface area contributed by atoms with Gasteiger partial charge >= 0.3 is 0 Å². The molecule has 1 amide bonds. The number of amides is 1. The van der Waals surface area contributed by atoms with Crippen LogP contribution in [-0.4, -0.2) is 31.6 Å². The Kier molecular flexibility index (Phi) is 5.94. The number of aromatic nitrogens is 1. The van der Waals surface area contributed by atoms with Crippen molar-refractivity contribution in [1.29, 1.82) is 0 Å². The third-order valence-corrected chi connectivity index (χ3v) is 3.16. The lowest BCUT2D eigenvalue weighted by Gasteiger charge is -2.11. The summed E-state index contributed by atoms with van der Waals surface area (Å²) >= 11 is 0. The number of hydrogen-bond acceptors (Lipinski definition) is 5. The SMILES string of the molecule is CNCCC(=O)Nc1ccc(Oc2ccc(C)cc2OC)nc1. The number of aryl methyl sites for hydroxylation is 1. The molecule has 2 aromatic rings. The second kappa shape index (κ2) is 8.14. The Morgan fingerprint density at radius 2 is 2.04 bits per heavy atom. The molecular formula is C17H21N3O3. The van der Waals surface area contributed by atoms with E-state index in [1.54, 1.807) is 32.5 Å². The third-order valence-electron chi connectivity index (χ3n) is 3.16. The highest BCUT2D eigenvalue weighted by molar-refractivity contribution is 5.90. The number of pyridine rings is 1. The fourth-order valence-electron chi connectivity index (χ4n) is 1.95. The average Bonchev–Trinajstić information content (AvgIpc) is 2.56. The minimum Gasteiger partial charge on any atom is -0.493 e. The number of rotatable bonds is 7. The minimum absolute atomic E-state index is 0.0602. The summed E-state index contributed by atoms with van der Waals surface area (Å²) in [6, 6.07) is 9.12. The second-order valence-electron chi connectivity index (χ2n) is 5.04. The van der Waals surface area contributed by atoms with Crippen LogP contribution in [0.25, 0.3) is 0 Å². The third kappa shape index (κ3) is 4.96. The number of nitrogens with zero attached hydrogens (tertiary/aromatic N) is 1. The van der Waals surface area contributed by atoms with Gasteiger partial charge in [0.25, 0.3) is 0 Å². The summed E-state index contributed by atoms with van der Waals surface area (Å²) in [6.45, 7) is 2.61. The average molecular weight is 315 g/mol. The first kappa shape index (κ1) is 16.8. The highest BCUT2D eigenvalue weighted by Crippen LogP contribution is 2.31. The summed E-state index contributed by atoms with van der Waals surface area (Å²) in [5.74, 6) is 1.61. The Balaban J connectivity index is 2.01. The van der Waals surface area contributed by atoms with Crippen molar-refractivity contribution >= 4 is 11.6 Å². The van der Waals surface area contributed by atoms with Gasteiger partial charge in [0.2, 0.25) is 11.8 Å². The van der Waals surface area contributed by atoms with E-state index in [0.717, 1.165) is 5.56 Å². The first-order valence-corrected chi connectivity index (χ1v) is 7.35. The topological polar surface area (TPSA) is 72.5 Å². The quantitative estimate of drug-likeness (QED) is 0.822. The molecule has 0 aliphatic rings. The van der Waals surface area contributed by atoms with E-state index >= 15 is 0 Å². The molecule has 0 saturated carbocycles. The summed E-state index contributed by atoms with van der Waals surface area (Å²) in [5, 5.41) is 5.70. The minimum atomic E-state index is -0.0602. The molecule has 2 N–H and O–H groups in total. The lowest BCUT2D eigenvalue weighted by molar-refractivity contribution is -0.116. The number of benzene rings is 1. The van der Waals surface area contributed by atoms with Gasteiger partial charge in [-0.05, 0) is 37.7 Å². The summed E-state index contributed by atoms with van der Waals surface area (Å²) < 4.78 is 11.0. The van der Waals surface area contributed by atoms with Gasteiger partial charge in [-0.25, -0.2) is 4.98 Å². The molecule has 0 atom stereocenters. The smallest absolute Gasteiger partial charge is 0.225 e. The monoisotopic (exact) mass is 315 g/mol. The number of carbonyl (C=O) groups is 1. The molecule has 1 aromatic carbocycles. The largest absolute Gasteiger partial charge is 0.493 e. The first-order chi connectivity index (χ1) is 11.1. The van der Waals surface area contributed by atoms with E-state index in [9.17, 15) is 4.79 Å². The molecule has 0 saturated heterocycles. The van der Waals surface area contributed by atoms with Crippen LogP contribution in [0.2, 0.25) is 0 Å². The van der Waals surface area contributed by atoms with Gasteiger partial charge in [-0.3, -0.25) is 4.79 Å². The number of methoxy groups -OCH3 is 1. The standard InChI is InChI=1S/C17H21N3O3/c1-12-4-6-14(15(10-12)22-3)23-17-7-5-13(11-19-17)20-16(21)8-9-18-2/h4-7,10-11,18H,8-9H2,1-3H3,(H,20,21). The number of hydrogen-bond donors (Lipinski definition) is 2. The molecule has 0 bridgehead atoms. The van der Waals surface area contributed by atoms with Crippen LogP contribution in [-0.2, 0) is 4.79 Å². The molecule has 0 spiro atoms. The molecule has 6 heteroatoms. The number of ether oxygens (including phenoxy) is 2. The lowest BCUT2D eigenvalue weighted by atomic mass is 10.2. The first-order valence-electron chi connectivity index (χ1n) is 7.35. The normalized spacial score (nSPS) is 10.2. The summed E-state index contributed by atoms with van der Waals surface area (Å²) in [4.78, 5) is 15.8. The van der Waals surface area contributed by atoms with Gasteiger partial charge in [0.1, 0.15) is 0 Å². The van der Waals surface area contributed by atoms with E-state index in [1.165, 1.54) is 0 Å². The zero-order valence-electron chi connectivity index (χ0n) is 13.6. The Bertz CT molecular complexity index is 657. The van der Waals surface area contributed by atoms with Crippen LogP contribution < -0.4 is 20.1 Å². The molecule has 0 fully saturated rings. The van der Waals surface area contributed by atoms with Crippen LogP contribution in [0.5, 0.6) is 17.4 Å².